The van der Waals surface area contributed by atoms with Crippen LogP contribution in [0.15, 0.2) is 18.2 Å². The van der Waals surface area contributed by atoms with Gasteiger partial charge in [0.15, 0.2) is 0 Å². The Labute approximate surface area is 94.4 Å². The molecule has 2 aromatic rings. The largest absolute Gasteiger partial charge is 0.490 e. The highest BCUT2D eigenvalue weighted by atomic mass is 16.6. The maximum absolute atomic E-state index is 5.79. The van der Waals surface area contributed by atoms with Crippen molar-refractivity contribution in [2.24, 2.45) is 0 Å². The van der Waals surface area contributed by atoms with E-state index in [0.29, 0.717) is 12.7 Å². The Bertz CT molecular complexity index is 526. The molecule has 2 heterocycles. The van der Waals surface area contributed by atoms with Crippen molar-refractivity contribution >= 4 is 10.9 Å². The van der Waals surface area contributed by atoms with Crippen molar-refractivity contribution in [2.45, 2.75) is 20.0 Å². The van der Waals surface area contributed by atoms with Crippen LogP contribution in [-0.2, 0) is 4.74 Å². The summed E-state index contributed by atoms with van der Waals surface area (Å²) in [4.78, 5) is 3.33. The molecule has 84 valence electrons. The Morgan fingerprint density at radius 1 is 1.38 bits per heavy atom. The lowest BCUT2D eigenvalue weighted by Crippen LogP contribution is -2.04. The van der Waals surface area contributed by atoms with Crippen molar-refractivity contribution in [3.05, 3.63) is 29.5 Å². The molecule has 1 atom stereocenters. The summed E-state index contributed by atoms with van der Waals surface area (Å²) < 4.78 is 10.9. The molecule has 3 nitrogen and oxygen atoms in total. The highest BCUT2D eigenvalue weighted by molar-refractivity contribution is 5.87. The average Bonchev–Trinajstić information content (AvgIpc) is 2.97. The van der Waals surface area contributed by atoms with Crippen LogP contribution in [0.3, 0.4) is 0 Å². The van der Waals surface area contributed by atoms with Gasteiger partial charge in [-0.25, -0.2) is 0 Å². The Morgan fingerprint density at radius 2 is 2.19 bits per heavy atom. The molecule has 3 heteroatoms. The summed E-state index contributed by atoms with van der Waals surface area (Å²) in [6, 6.07) is 6.35. The first kappa shape index (κ1) is 9.73. The molecule has 0 radical (unpaired) electrons. The zero-order valence-corrected chi connectivity index (χ0v) is 9.54. The molecule has 1 aliphatic rings. The van der Waals surface area contributed by atoms with Crippen LogP contribution in [0.4, 0.5) is 0 Å². The summed E-state index contributed by atoms with van der Waals surface area (Å²) in [5.41, 5.74) is 3.51. The molecular weight excluding hydrogens is 202 g/mol. The van der Waals surface area contributed by atoms with Gasteiger partial charge in [-0.2, -0.15) is 0 Å². The first-order valence-electron chi connectivity index (χ1n) is 5.57. The molecule has 1 unspecified atom stereocenters. The second-order valence-electron chi connectivity index (χ2n) is 4.44. The van der Waals surface area contributed by atoms with Gasteiger partial charge in [-0.3, -0.25) is 0 Å². The van der Waals surface area contributed by atoms with Gasteiger partial charge in [-0.15, -0.1) is 0 Å². The fourth-order valence-corrected chi connectivity index (χ4v) is 1.95. The van der Waals surface area contributed by atoms with E-state index < -0.39 is 0 Å². The van der Waals surface area contributed by atoms with Crippen LogP contribution < -0.4 is 4.74 Å². The molecule has 0 spiro atoms. The molecule has 0 bridgehead atoms. The van der Waals surface area contributed by atoms with E-state index in [1.54, 1.807) is 0 Å². The van der Waals surface area contributed by atoms with Crippen LogP contribution in [0.1, 0.15) is 11.3 Å². The minimum Gasteiger partial charge on any atom is -0.490 e. The second kappa shape index (κ2) is 3.52. The summed E-state index contributed by atoms with van der Waals surface area (Å²) in [5.74, 6) is 0.954. The van der Waals surface area contributed by atoms with Crippen LogP contribution in [0.2, 0.25) is 0 Å². The number of aryl methyl sites for hydroxylation is 2. The van der Waals surface area contributed by atoms with Crippen LogP contribution in [0.5, 0.6) is 5.75 Å². The SMILES string of the molecule is Cc1cc(OCC2CO2)c2cc(C)[nH]c2c1. The van der Waals surface area contributed by atoms with Crippen molar-refractivity contribution in [1.29, 1.82) is 0 Å². The van der Waals surface area contributed by atoms with Crippen LogP contribution in [0, 0.1) is 13.8 Å². The van der Waals surface area contributed by atoms with Gasteiger partial charge in [0.2, 0.25) is 0 Å². The van der Waals surface area contributed by atoms with E-state index in [9.17, 15) is 0 Å². The summed E-state index contributed by atoms with van der Waals surface area (Å²) in [5, 5.41) is 1.16. The van der Waals surface area contributed by atoms with Crippen molar-refractivity contribution in [3.8, 4) is 5.75 Å². The normalized spacial score (nSPS) is 19.0. The molecule has 0 amide bonds. The molecule has 3 rings (SSSR count). The van der Waals surface area contributed by atoms with E-state index in [4.69, 9.17) is 9.47 Å². The maximum atomic E-state index is 5.79. The zero-order chi connectivity index (χ0) is 11.1. The Kier molecular flexibility index (Phi) is 2.14. The fraction of sp³-hybridized carbons (Fsp3) is 0.385. The quantitative estimate of drug-likeness (QED) is 0.802. The van der Waals surface area contributed by atoms with Crippen molar-refractivity contribution in [3.63, 3.8) is 0 Å². The highest BCUT2D eigenvalue weighted by Crippen LogP contribution is 2.28. The molecule has 1 aliphatic heterocycles. The van der Waals surface area contributed by atoms with Gasteiger partial charge in [0.1, 0.15) is 18.5 Å². The van der Waals surface area contributed by atoms with E-state index in [2.05, 4.69) is 37.0 Å². The predicted molar refractivity (Wildman–Crippen MR) is 63.0 cm³/mol. The predicted octanol–water partition coefficient (Wildman–Crippen LogP) is 2.56. The lowest BCUT2D eigenvalue weighted by molar-refractivity contribution is 0.265. The van der Waals surface area contributed by atoms with E-state index in [-0.39, 0.29) is 0 Å². The van der Waals surface area contributed by atoms with Gasteiger partial charge in [-0.1, -0.05) is 0 Å². The van der Waals surface area contributed by atoms with Crippen LogP contribution in [-0.4, -0.2) is 24.3 Å². The van der Waals surface area contributed by atoms with Crippen LogP contribution in [0.25, 0.3) is 10.9 Å². The Hall–Kier alpha value is -1.48. The average molecular weight is 217 g/mol. The first-order valence-corrected chi connectivity index (χ1v) is 5.57. The highest BCUT2D eigenvalue weighted by Gasteiger charge is 2.23. The van der Waals surface area contributed by atoms with Crippen molar-refractivity contribution < 1.29 is 9.47 Å². The standard InChI is InChI=1S/C13H15NO2/c1-8-3-12-11(5-9(2)14-12)13(4-8)16-7-10-6-15-10/h3-5,10,14H,6-7H2,1-2H3. The number of hydrogen-bond acceptors (Lipinski definition) is 2. The van der Waals surface area contributed by atoms with E-state index in [1.807, 2.05) is 0 Å². The molecule has 1 saturated heterocycles. The number of nitrogens with one attached hydrogen (secondary N) is 1. The molecule has 1 aromatic heterocycles. The lowest BCUT2D eigenvalue weighted by atomic mass is 10.1. The number of fused-ring (bicyclic) bond motifs is 1. The smallest absolute Gasteiger partial charge is 0.129 e. The number of benzene rings is 1. The van der Waals surface area contributed by atoms with Crippen molar-refractivity contribution in [2.75, 3.05) is 13.2 Å². The molecule has 1 aromatic carbocycles. The van der Waals surface area contributed by atoms with E-state index >= 15 is 0 Å². The number of H-pyrrole nitrogens is 1. The summed E-state index contributed by atoms with van der Waals surface area (Å²) >= 11 is 0. The van der Waals surface area contributed by atoms with Crippen molar-refractivity contribution in [1.82, 2.24) is 4.98 Å². The van der Waals surface area contributed by atoms with Gasteiger partial charge >= 0.3 is 0 Å². The molecule has 0 aliphatic carbocycles. The molecule has 0 saturated carbocycles. The number of ether oxygens (including phenoxy) is 2. The molecule has 16 heavy (non-hydrogen) atoms. The molecule has 1 fully saturated rings. The summed E-state index contributed by atoms with van der Waals surface area (Å²) in [6.45, 7) is 5.63. The number of aromatic amines is 1. The second-order valence-corrected chi connectivity index (χ2v) is 4.44. The third kappa shape index (κ3) is 1.78. The summed E-state index contributed by atoms with van der Waals surface area (Å²) in [7, 11) is 0. The number of rotatable bonds is 3. The van der Waals surface area contributed by atoms with Gasteiger partial charge in [0.25, 0.3) is 0 Å². The van der Waals surface area contributed by atoms with Crippen LogP contribution >= 0.6 is 0 Å². The maximum Gasteiger partial charge on any atom is 0.129 e. The first-order chi connectivity index (χ1) is 7.72. The van der Waals surface area contributed by atoms with Gasteiger partial charge in [0.05, 0.1) is 6.61 Å². The minimum absolute atomic E-state index is 0.301. The number of aromatic nitrogens is 1. The monoisotopic (exact) mass is 217 g/mol. The molecular formula is C13H15NO2. The third-order valence-electron chi connectivity index (χ3n) is 2.81. The van der Waals surface area contributed by atoms with E-state index in [0.717, 1.165) is 29.0 Å². The van der Waals surface area contributed by atoms with E-state index in [1.165, 1.54) is 5.56 Å². The van der Waals surface area contributed by atoms with Gasteiger partial charge in [-0.05, 0) is 37.6 Å². The number of epoxide rings is 1. The fourth-order valence-electron chi connectivity index (χ4n) is 1.95. The zero-order valence-electron chi connectivity index (χ0n) is 9.54. The Morgan fingerprint density at radius 3 is 2.94 bits per heavy atom. The topological polar surface area (TPSA) is 37.5 Å². The third-order valence-corrected chi connectivity index (χ3v) is 2.81. The summed E-state index contributed by atoms with van der Waals surface area (Å²) in [6.07, 6.45) is 0.301. The lowest BCUT2D eigenvalue weighted by Gasteiger charge is -2.06. The number of hydrogen-bond donors (Lipinski definition) is 1. The van der Waals surface area contributed by atoms with Gasteiger partial charge in [0, 0.05) is 16.6 Å². The van der Waals surface area contributed by atoms with Gasteiger partial charge < -0.3 is 14.5 Å². The minimum atomic E-state index is 0.301. The Balaban J connectivity index is 1.98. The molecule has 1 N–H and O–H groups in total.